The van der Waals surface area contributed by atoms with Crippen LogP contribution in [0.5, 0.6) is 0 Å². The van der Waals surface area contributed by atoms with Crippen molar-refractivity contribution in [2.24, 2.45) is 0 Å². The second-order valence-electron chi connectivity index (χ2n) is 3.92. The maximum Gasteiger partial charge on any atom is 0.383 e. The average molecular weight is 269 g/mol. The Hall–Kier alpha value is -3.09. The zero-order valence-electron chi connectivity index (χ0n) is 10.0. The van der Waals surface area contributed by atoms with Crippen LogP contribution in [0.2, 0.25) is 0 Å². The summed E-state index contributed by atoms with van der Waals surface area (Å²) in [6.45, 7) is 0. The maximum absolute atomic E-state index is 12.0. The largest absolute Gasteiger partial charge is 0.383 e. The molecule has 7 nitrogen and oxygen atoms in total. The molecule has 2 heterocycles. The fourth-order valence-corrected chi connectivity index (χ4v) is 1.78. The van der Waals surface area contributed by atoms with Crippen molar-refractivity contribution in [2.75, 3.05) is 0 Å². The van der Waals surface area contributed by atoms with Crippen LogP contribution in [0.4, 0.5) is 0 Å². The quantitative estimate of drug-likeness (QED) is 0.750. The average Bonchev–Trinajstić information content (AvgIpc) is 2.74. The zero-order valence-corrected chi connectivity index (χ0v) is 10.0. The van der Waals surface area contributed by atoms with Gasteiger partial charge in [-0.3, -0.25) is 14.6 Å². The van der Waals surface area contributed by atoms with E-state index in [0.717, 1.165) is 0 Å². The Bertz CT molecular complexity index is 680. The minimum absolute atomic E-state index is 0.0935. The molecular formula is C13H7N3O4. The smallest absolute Gasteiger partial charge is 0.322 e. The SMILES string of the molecule is O=C(ON1C(=O)c2ccccc2C1=O)c1cnccn1. The number of rotatable bonds is 2. The molecule has 3 rings (SSSR count). The van der Waals surface area contributed by atoms with Crippen molar-refractivity contribution in [2.45, 2.75) is 0 Å². The van der Waals surface area contributed by atoms with E-state index in [1.807, 2.05) is 0 Å². The Morgan fingerprint density at radius 2 is 1.70 bits per heavy atom. The van der Waals surface area contributed by atoms with Gasteiger partial charge in [-0.05, 0) is 12.1 Å². The molecule has 0 bridgehead atoms. The number of imide groups is 1. The fourth-order valence-electron chi connectivity index (χ4n) is 1.78. The molecule has 1 aliphatic heterocycles. The Labute approximate surface area is 112 Å². The second-order valence-corrected chi connectivity index (χ2v) is 3.92. The number of aromatic nitrogens is 2. The predicted octanol–water partition coefficient (Wildman–Crippen LogP) is 0.845. The van der Waals surface area contributed by atoms with Gasteiger partial charge in [0.15, 0.2) is 5.69 Å². The maximum atomic E-state index is 12.0. The molecule has 1 aromatic heterocycles. The topological polar surface area (TPSA) is 89.5 Å². The zero-order chi connectivity index (χ0) is 14.1. The molecule has 0 N–H and O–H groups in total. The number of carbonyl (C=O) groups excluding carboxylic acids is 3. The number of carbonyl (C=O) groups is 3. The molecule has 1 aliphatic rings. The van der Waals surface area contributed by atoms with Crippen LogP contribution in [-0.4, -0.2) is 32.8 Å². The lowest BCUT2D eigenvalue weighted by Gasteiger charge is -2.11. The van der Waals surface area contributed by atoms with Gasteiger partial charge in [-0.1, -0.05) is 17.2 Å². The fraction of sp³-hybridized carbons (Fsp3) is 0. The van der Waals surface area contributed by atoms with Crippen LogP contribution >= 0.6 is 0 Å². The molecule has 0 unspecified atom stereocenters. The van der Waals surface area contributed by atoms with Crippen LogP contribution < -0.4 is 0 Å². The molecule has 0 saturated carbocycles. The molecule has 7 heteroatoms. The summed E-state index contributed by atoms with van der Waals surface area (Å²) in [6.07, 6.45) is 3.87. The van der Waals surface area contributed by atoms with Gasteiger partial charge in [-0.15, -0.1) is 0 Å². The lowest BCUT2D eigenvalue weighted by atomic mass is 10.1. The Morgan fingerprint density at radius 3 is 2.25 bits per heavy atom. The van der Waals surface area contributed by atoms with Gasteiger partial charge >= 0.3 is 5.97 Å². The van der Waals surface area contributed by atoms with Crippen molar-refractivity contribution < 1.29 is 19.2 Å². The van der Waals surface area contributed by atoms with Crippen molar-refractivity contribution in [1.82, 2.24) is 15.0 Å². The van der Waals surface area contributed by atoms with Gasteiger partial charge in [0.25, 0.3) is 11.8 Å². The molecule has 0 fully saturated rings. The summed E-state index contributed by atoms with van der Waals surface area (Å²) < 4.78 is 0. The summed E-state index contributed by atoms with van der Waals surface area (Å²) >= 11 is 0. The molecular weight excluding hydrogens is 262 g/mol. The van der Waals surface area contributed by atoms with Gasteiger partial charge in [0.1, 0.15) is 0 Å². The van der Waals surface area contributed by atoms with Crippen molar-refractivity contribution in [3.05, 3.63) is 59.7 Å². The minimum atomic E-state index is -0.924. The van der Waals surface area contributed by atoms with E-state index in [9.17, 15) is 14.4 Å². The molecule has 98 valence electrons. The number of hydrogen-bond donors (Lipinski definition) is 0. The second kappa shape index (κ2) is 4.54. The minimum Gasteiger partial charge on any atom is -0.322 e. The predicted molar refractivity (Wildman–Crippen MR) is 64.4 cm³/mol. The number of amides is 2. The Kier molecular flexibility index (Phi) is 2.72. The van der Waals surface area contributed by atoms with Gasteiger partial charge in [0.05, 0.1) is 17.3 Å². The number of benzene rings is 1. The highest BCUT2D eigenvalue weighted by Crippen LogP contribution is 2.22. The molecule has 2 aromatic rings. The standard InChI is InChI=1S/C13H7N3O4/c17-11-8-3-1-2-4-9(8)12(18)16(11)20-13(19)10-7-14-5-6-15-10/h1-7H. The summed E-state index contributed by atoms with van der Waals surface area (Å²) in [6, 6.07) is 6.23. The number of hydroxylamine groups is 2. The molecule has 1 aromatic carbocycles. The van der Waals surface area contributed by atoms with Gasteiger partial charge in [-0.2, -0.15) is 0 Å². The van der Waals surface area contributed by atoms with Crippen molar-refractivity contribution in [3.63, 3.8) is 0 Å². The molecule has 20 heavy (non-hydrogen) atoms. The Morgan fingerprint density at radius 1 is 1.05 bits per heavy atom. The summed E-state index contributed by atoms with van der Waals surface area (Å²) in [5.74, 6) is -2.28. The van der Waals surface area contributed by atoms with E-state index in [0.29, 0.717) is 5.06 Å². The highest BCUT2D eigenvalue weighted by Gasteiger charge is 2.38. The van der Waals surface area contributed by atoms with E-state index in [2.05, 4.69) is 9.97 Å². The molecule has 0 saturated heterocycles. The van der Waals surface area contributed by atoms with Crippen LogP contribution in [0.15, 0.2) is 42.9 Å². The van der Waals surface area contributed by atoms with Crippen molar-refractivity contribution >= 4 is 17.8 Å². The first kappa shape index (κ1) is 12.0. The van der Waals surface area contributed by atoms with Crippen LogP contribution in [0.1, 0.15) is 31.2 Å². The molecule has 2 amide bonds. The lowest BCUT2D eigenvalue weighted by Crippen LogP contribution is -2.33. The summed E-state index contributed by atoms with van der Waals surface area (Å²) in [4.78, 5) is 47.9. The van der Waals surface area contributed by atoms with E-state index >= 15 is 0 Å². The number of hydrogen-bond acceptors (Lipinski definition) is 6. The highest BCUT2D eigenvalue weighted by molar-refractivity contribution is 6.21. The van der Waals surface area contributed by atoms with Gasteiger partial charge in [0.2, 0.25) is 0 Å². The first-order valence-electron chi connectivity index (χ1n) is 5.64. The summed E-state index contributed by atoms with van der Waals surface area (Å²) in [7, 11) is 0. The lowest BCUT2D eigenvalue weighted by molar-refractivity contribution is -0.0588. The third kappa shape index (κ3) is 1.81. The number of fused-ring (bicyclic) bond motifs is 1. The van der Waals surface area contributed by atoms with E-state index in [-0.39, 0.29) is 16.8 Å². The first-order valence-corrected chi connectivity index (χ1v) is 5.64. The van der Waals surface area contributed by atoms with Crippen LogP contribution in [-0.2, 0) is 4.84 Å². The molecule has 0 spiro atoms. The van der Waals surface area contributed by atoms with Gasteiger partial charge < -0.3 is 4.84 Å². The van der Waals surface area contributed by atoms with Gasteiger partial charge in [0, 0.05) is 12.4 Å². The Balaban J connectivity index is 1.86. The monoisotopic (exact) mass is 269 g/mol. The summed E-state index contributed by atoms with van der Waals surface area (Å²) in [5, 5.41) is 0.432. The van der Waals surface area contributed by atoms with Crippen LogP contribution in [0.3, 0.4) is 0 Å². The van der Waals surface area contributed by atoms with E-state index < -0.39 is 17.8 Å². The van der Waals surface area contributed by atoms with Crippen LogP contribution in [0, 0.1) is 0 Å². The normalized spacial score (nSPS) is 13.3. The van der Waals surface area contributed by atoms with Crippen LogP contribution in [0.25, 0.3) is 0 Å². The summed E-state index contributed by atoms with van der Waals surface area (Å²) in [5.41, 5.74) is 0.304. The molecule has 0 aliphatic carbocycles. The van der Waals surface area contributed by atoms with E-state index in [1.54, 1.807) is 12.1 Å². The van der Waals surface area contributed by atoms with Crippen molar-refractivity contribution in [1.29, 1.82) is 0 Å². The molecule has 0 atom stereocenters. The van der Waals surface area contributed by atoms with Crippen molar-refractivity contribution in [3.8, 4) is 0 Å². The third-order valence-corrected chi connectivity index (χ3v) is 2.70. The highest BCUT2D eigenvalue weighted by atomic mass is 16.7. The van der Waals surface area contributed by atoms with Gasteiger partial charge in [-0.25, -0.2) is 9.78 Å². The van der Waals surface area contributed by atoms with E-state index in [4.69, 9.17) is 4.84 Å². The van der Waals surface area contributed by atoms with E-state index in [1.165, 1.54) is 30.7 Å². The number of nitrogens with zero attached hydrogens (tertiary/aromatic N) is 3. The third-order valence-electron chi connectivity index (χ3n) is 2.70. The first-order chi connectivity index (χ1) is 9.68. The molecule has 0 radical (unpaired) electrons.